The van der Waals surface area contributed by atoms with E-state index in [1.807, 2.05) is 26.0 Å². The number of hydrogen-bond acceptors (Lipinski definition) is 2. The van der Waals surface area contributed by atoms with Crippen molar-refractivity contribution < 1.29 is 4.79 Å². The molecular formula is C16H24N2O. The molecule has 104 valence electrons. The molecule has 3 N–H and O–H groups in total. The summed E-state index contributed by atoms with van der Waals surface area (Å²) < 4.78 is 0. The minimum atomic E-state index is 0.0365. The summed E-state index contributed by atoms with van der Waals surface area (Å²) in [5.74, 6) is 1.17. The van der Waals surface area contributed by atoms with Crippen LogP contribution in [0.15, 0.2) is 18.2 Å². The minimum Gasteiger partial charge on any atom is -0.352 e. The van der Waals surface area contributed by atoms with Gasteiger partial charge in [-0.15, -0.1) is 0 Å². The van der Waals surface area contributed by atoms with Gasteiger partial charge in [-0.3, -0.25) is 4.79 Å². The summed E-state index contributed by atoms with van der Waals surface area (Å²) in [5.41, 5.74) is 8.79. The van der Waals surface area contributed by atoms with Crippen molar-refractivity contribution in [3.05, 3.63) is 34.9 Å². The molecule has 3 nitrogen and oxygen atoms in total. The van der Waals surface area contributed by atoms with E-state index < -0.39 is 0 Å². The Morgan fingerprint density at radius 1 is 1.21 bits per heavy atom. The lowest BCUT2D eigenvalue weighted by atomic mass is 9.96. The van der Waals surface area contributed by atoms with Crippen LogP contribution in [-0.2, 0) is 0 Å². The number of aryl methyl sites for hydroxylation is 2. The molecule has 0 spiro atoms. The summed E-state index contributed by atoms with van der Waals surface area (Å²) in [6, 6.07) is 5.97. The van der Waals surface area contributed by atoms with Crippen molar-refractivity contribution in [2.45, 2.75) is 33.1 Å². The Hall–Kier alpha value is -1.35. The number of hydrogen-bond donors (Lipinski definition) is 2. The predicted octanol–water partition coefficient (Wildman–Crippen LogP) is 2.41. The normalized spacial score (nSPS) is 22.5. The molecule has 1 aromatic rings. The molecule has 1 aromatic carbocycles. The Morgan fingerprint density at radius 2 is 1.84 bits per heavy atom. The highest BCUT2D eigenvalue weighted by molar-refractivity contribution is 5.94. The largest absolute Gasteiger partial charge is 0.352 e. The van der Waals surface area contributed by atoms with Crippen LogP contribution in [0.4, 0.5) is 0 Å². The van der Waals surface area contributed by atoms with E-state index in [-0.39, 0.29) is 5.91 Å². The van der Waals surface area contributed by atoms with Gasteiger partial charge in [0.25, 0.3) is 5.91 Å². The molecule has 0 radical (unpaired) electrons. The molecule has 3 heteroatoms. The van der Waals surface area contributed by atoms with Gasteiger partial charge in [-0.1, -0.05) is 23.6 Å². The second-order valence-electron chi connectivity index (χ2n) is 5.77. The van der Waals surface area contributed by atoms with Crippen molar-refractivity contribution in [2.75, 3.05) is 13.1 Å². The van der Waals surface area contributed by atoms with Crippen LogP contribution < -0.4 is 11.1 Å². The van der Waals surface area contributed by atoms with E-state index in [2.05, 4.69) is 11.4 Å². The lowest BCUT2D eigenvalue weighted by molar-refractivity contribution is 0.0944. The highest BCUT2D eigenvalue weighted by Gasteiger charge is 2.26. The van der Waals surface area contributed by atoms with E-state index in [0.717, 1.165) is 29.8 Å². The molecule has 1 aliphatic carbocycles. The lowest BCUT2D eigenvalue weighted by Crippen LogP contribution is -2.32. The first kappa shape index (κ1) is 14.1. The molecule has 1 amide bonds. The fourth-order valence-electron chi connectivity index (χ4n) is 3.12. The molecule has 0 heterocycles. The second kappa shape index (κ2) is 6.20. The number of nitrogens with one attached hydrogen (secondary N) is 1. The highest BCUT2D eigenvalue weighted by Crippen LogP contribution is 2.30. The number of carbonyl (C=O) groups is 1. The molecule has 0 aromatic heterocycles. The summed E-state index contributed by atoms with van der Waals surface area (Å²) in [4.78, 5) is 12.2. The Morgan fingerprint density at radius 3 is 2.47 bits per heavy atom. The van der Waals surface area contributed by atoms with Crippen molar-refractivity contribution >= 4 is 5.91 Å². The van der Waals surface area contributed by atoms with E-state index in [0.29, 0.717) is 11.8 Å². The monoisotopic (exact) mass is 260 g/mol. The third-order valence-electron chi connectivity index (χ3n) is 4.13. The molecule has 0 saturated heterocycles. The zero-order chi connectivity index (χ0) is 13.8. The van der Waals surface area contributed by atoms with Gasteiger partial charge in [-0.25, -0.2) is 0 Å². The summed E-state index contributed by atoms with van der Waals surface area (Å²) >= 11 is 0. The van der Waals surface area contributed by atoms with Crippen LogP contribution in [0.5, 0.6) is 0 Å². The Kier molecular flexibility index (Phi) is 4.59. The quantitative estimate of drug-likeness (QED) is 0.873. The Labute approximate surface area is 115 Å². The first-order valence-corrected chi connectivity index (χ1v) is 7.16. The first-order chi connectivity index (χ1) is 9.10. The Bertz CT molecular complexity index is 436. The van der Waals surface area contributed by atoms with Crippen molar-refractivity contribution in [3.63, 3.8) is 0 Å². The standard InChI is InChI=1S/C16H24N2O/c1-11-6-12(2)8-15(7-11)16(19)18-10-14-5-3-4-13(14)9-17/h6-8,13-14H,3-5,9-10,17H2,1-2H3,(H,18,19). The zero-order valence-electron chi connectivity index (χ0n) is 11.9. The zero-order valence-corrected chi connectivity index (χ0v) is 11.9. The summed E-state index contributed by atoms with van der Waals surface area (Å²) in [6.45, 7) is 5.54. The first-order valence-electron chi connectivity index (χ1n) is 7.16. The second-order valence-corrected chi connectivity index (χ2v) is 5.77. The molecule has 1 saturated carbocycles. The summed E-state index contributed by atoms with van der Waals surface area (Å²) in [5, 5.41) is 3.07. The van der Waals surface area contributed by atoms with Crippen molar-refractivity contribution in [1.82, 2.24) is 5.32 Å². The molecule has 2 unspecified atom stereocenters. The third-order valence-corrected chi connectivity index (χ3v) is 4.13. The van der Waals surface area contributed by atoms with Gasteiger partial charge in [-0.05, 0) is 57.2 Å². The number of rotatable bonds is 4. The van der Waals surface area contributed by atoms with Gasteiger partial charge in [0.05, 0.1) is 0 Å². The maximum atomic E-state index is 12.2. The highest BCUT2D eigenvalue weighted by atomic mass is 16.1. The number of amides is 1. The maximum absolute atomic E-state index is 12.2. The number of carbonyl (C=O) groups excluding carboxylic acids is 1. The molecule has 1 aliphatic rings. The van der Waals surface area contributed by atoms with Crippen LogP contribution in [0, 0.1) is 25.7 Å². The maximum Gasteiger partial charge on any atom is 0.251 e. The van der Waals surface area contributed by atoms with Crippen LogP contribution >= 0.6 is 0 Å². The fraction of sp³-hybridized carbons (Fsp3) is 0.562. The SMILES string of the molecule is Cc1cc(C)cc(C(=O)NCC2CCCC2CN)c1. The fourth-order valence-corrected chi connectivity index (χ4v) is 3.12. The molecule has 1 fully saturated rings. The van der Waals surface area contributed by atoms with Crippen LogP contribution in [-0.4, -0.2) is 19.0 Å². The van der Waals surface area contributed by atoms with Gasteiger partial charge in [0, 0.05) is 12.1 Å². The minimum absolute atomic E-state index is 0.0365. The van der Waals surface area contributed by atoms with Crippen LogP contribution in [0.1, 0.15) is 40.7 Å². The van der Waals surface area contributed by atoms with Crippen molar-refractivity contribution in [2.24, 2.45) is 17.6 Å². The molecule has 19 heavy (non-hydrogen) atoms. The molecule has 2 atom stereocenters. The van der Waals surface area contributed by atoms with E-state index >= 15 is 0 Å². The topological polar surface area (TPSA) is 55.1 Å². The third kappa shape index (κ3) is 3.57. The van der Waals surface area contributed by atoms with E-state index in [1.165, 1.54) is 19.3 Å². The summed E-state index contributed by atoms with van der Waals surface area (Å²) in [6.07, 6.45) is 3.64. The van der Waals surface area contributed by atoms with Gasteiger partial charge in [0.15, 0.2) is 0 Å². The van der Waals surface area contributed by atoms with Gasteiger partial charge in [0.2, 0.25) is 0 Å². The van der Waals surface area contributed by atoms with Gasteiger partial charge < -0.3 is 11.1 Å². The van der Waals surface area contributed by atoms with Crippen molar-refractivity contribution in [1.29, 1.82) is 0 Å². The number of nitrogens with two attached hydrogens (primary N) is 1. The average Bonchev–Trinajstić information content (AvgIpc) is 2.82. The van der Waals surface area contributed by atoms with Crippen molar-refractivity contribution in [3.8, 4) is 0 Å². The van der Waals surface area contributed by atoms with Gasteiger partial charge >= 0.3 is 0 Å². The number of benzene rings is 1. The van der Waals surface area contributed by atoms with E-state index in [9.17, 15) is 4.79 Å². The molecule has 0 aliphatic heterocycles. The predicted molar refractivity (Wildman–Crippen MR) is 78.1 cm³/mol. The Balaban J connectivity index is 1.94. The molecule has 0 bridgehead atoms. The smallest absolute Gasteiger partial charge is 0.251 e. The molecule has 2 rings (SSSR count). The average molecular weight is 260 g/mol. The van der Waals surface area contributed by atoms with Crippen LogP contribution in [0.25, 0.3) is 0 Å². The summed E-state index contributed by atoms with van der Waals surface area (Å²) in [7, 11) is 0. The molecular weight excluding hydrogens is 236 g/mol. The van der Waals surface area contributed by atoms with Crippen LogP contribution in [0.3, 0.4) is 0 Å². The van der Waals surface area contributed by atoms with Gasteiger partial charge in [0.1, 0.15) is 0 Å². The van der Waals surface area contributed by atoms with E-state index in [4.69, 9.17) is 5.73 Å². The van der Waals surface area contributed by atoms with Crippen LogP contribution in [0.2, 0.25) is 0 Å². The van der Waals surface area contributed by atoms with Gasteiger partial charge in [-0.2, -0.15) is 0 Å². The lowest BCUT2D eigenvalue weighted by Gasteiger charge is -2.18. The van der Waals surface area contributed by atoms with E-state index in [1.54, 1.807) is 0 Å².